The van der Waals surface area contributed by atoms with Gasteiger partial charge in [0.15, 0.2) is 0 Å². The third-order valence-corrected chi connectivity index (χ3v) is 7.38. The van der Waals surface area contributed by atoms with Gasteiger partial charge in [0.2, 0.25) is 11.8 Å². The normalized spacial score (nSPS) is 14.5. The predicted octanol–water partition coefficient (Wildman–Crippen LogP) is 6.34. The molecule has 1 fully saturated rings. The van der Waals surface area contributed by atoms with E-state index in [4.69, 9.17) is 11.6 Å². The minimum atomic E-state index is -0.632. The number of carbonyl (C=O) groups is 2. The smallest absolute Gasteiger partial charge is 0.243 e. The van der Waals surface area contributed by atoms with Crippen molar-refractivity contribution in [1.29, 1.82) is 0 Å². The molecule has 1 saturated carbocycles. The Labute approximate surface area is 220 Å². The van der Waals surface area contributed by atoms with E-state index in [9.17, 15) is 9.59 Å². The molecule has 4 rings (SSSR count). The van der Waals surface area contributed by atoms with E-state index >= 15 is 0 Å². The van der Waals surface area contributed by atoms with Crippen LogP contribution in [0.5, 0.6) is 0 Å². The number of amides is 2. The van der Waals surface area contributed by atoms with Crippen molar-refractivity contribution in [3.63, 3.8) is 0 Å². The van der Waals surface area contributed by atoms with Crippen LogP contribution in [0.4, 0.5) is 0 Å². The maximum Gasteiger partial charge on any atom is 0.243 e. The fraction of sp³-hybridized carbons (Fsp3) is 0.310. The molecule has 35 heavy (non-hydrogen) atoms. The summed E-state index contributed by atoms with van der Waals surface area (Å²) in [5.74, 6) is -0.219. The average Bonchev–Trinajstić information content (AvgIpc) is 3.36. The summed E-state index contributed by atoms with van der Waals surface area (Å²) in [5.41, 5.74) is 2.73. The molecule has 0 saturated heterocycles. The number of nitrogens with zero attached hydrogens (tertiary/aromatic N) is 1. The van der Waals surface area contributed by atoms with E-state index in [0.717, 1.165) is 46.8 Å². The number of rotatable bonds is 9. The molecule has 1 aliphatic rings. The second-order valence-electron chi connectivity index (χ2n) is 9.12. The van der Waals surface area contributed by atoms with Crippen LogP contribution in [-0.2, 0) is 29.0 Å². The first-order valence-corrected chi connectivity index (χ1v) is 13.3. The monoisotopic (exact) mass is 552 g/mol. The molecule has 0 aromatic heterocycles. The number of benzene rings is 3. The Balaban J connectivity index is 1.67. The van der Waals surface area contributed by atoms with E-state index in [1.165, 1.54) is 0 Å². The van der Waals surface area contributed by atoms with Gasteiger partial charge in [-0.05, 0) is 47.7 Å². The Morgan fingerprint density at radius 2 is 1.63 bits per heavy atom. The van der Waals surface area contributed by atoms with Gasteiger partial charge in [-0.2, -0.15) is 0 Å². The van der Waals surface area contributed by atoms with Gasteiger partial charge in [-0.1, -0.05) is 101 Å². The van der Waals surface area contributed by atoms with Gasteiger partial charge in [-0.15, -0.1) is 0 Å². The highest BCUT2D eigenvalue weighted by atomic mass is 79.9. The minimum Gasteiger partial charge on any atom is -0.352 e. The Hall–Kier alpha value is -2.63. The molecule has 0 unspecified atom stereocenters. The molecule has 1 atom stereocenters. The van der Waals surface area contributed by atoms with Crippen LogP contribution in [0.2, 0.25) is 5.02 Å². The summed E-state index contributed by atoms with van der Waals surface area (Å²) >= 11 is 9.91. The number of halogens is 2. The molecule has 6 heteroatoms. The SMILES string of the molecule is O=C(NC1CCCC1)[C@@H](Cc1ccccc1)N(Cc1cccc(Br)c1)C(=O)Cc1ccccc1Cl. The zero-order chi connectivity index (χ0) is 24.6. The van der Waals surface area contributed by atoms with Crippen molar-refractivity contribution >= 4 is 39.3 Å². The van der Waals surface area contributed by atoms with Gasteiger partial charge in [0.1, 0.15) is 6.04 Å². The number of carbonyl (C=O) groups excluding carboxylic acids is 2. The van der Waals surface area contributed by atoms with Gasteiger partial charge in [0.05, 0.1) is 6.42 Å². The van der Waals surface area contributed by atoms with Crippen molar-refractivity contribution < 1.29 is 9.59 Å². The van der Waals surface area contributed by atoms with Gasteiger partial charge in [-0.3, -0.25) is 9.59 Å². The predicted molar refractivity (Wildman–Crippen MR) is 144 cm³/mol. The maximum atomic E-state index is 13.8. The molecule has 1 aliphatic carbocycles. The molecule has 0 radical (unpaired) electrons. The van der Waals surface area contributed by atoms with Crippen molar-refractivity contribution in [3.8, 4) is 0 Å². The minimum absolute atomic E-state index is 0.0942. The zero-order valence-electron chi connectivity index (χ0n) is 19.6. The first-order valence-electron chi connectivity index (χ1n) is 12.1. The lowest BCUT2D eigenvalue weighted by Crippen LogP contribution is -2.52. The molecule has 2 amide bonds. The lowest BCUT2D eigenvalue weighted by atomic mass is 10.0. The van der Waals surface area contributed by atoms with Crippen LogP contribution in [0.15, 0.2) is 83.3 Å². The van der Waals surface area contributed by atoms with Crippen LogP contribution in [0, 0.1) is 0 Å². The second-order valence-corrected chi connectivity index (χ2v) is 10.4. The molecule has 0 heterocycles. The van der Waals surface area contributed by atoms with Gasteiger partial charge in [0.25, 0.3) is 0 Å². The lowest BCUT2D eigenvalue weighted by Gasteiger charge is -2.32. The van der Waals surface area contributed by atoms with Gasteiger partial charge in [0, 0.05) is 28.5 Å². The summed E-state index contributed by atoms with van der Waals surface area (Å²) < 4.78 is 0.934. The molecule has 182 valence electrons. The third kappa shape index (κ3) is 7.18. The van der Waals surface area contributed by atoms with Crippen molar-refractivity contribution in [2.45, 2.75) is 57.2 Å². The first kappa shape index (κ1) is 25.5. The van der Waals surface area contributed by atoms with Gasteiger partial charge < -0.3 is 10.2 Å². The summed E-state index contributed by atoms with van der Waals surface area (Å²) in [7, 11) is 0. The molecule has 3 aromatic carbocycles. The van der Waals surface area contributed by atoms with E-state index in [0.29, 0.717) is 18.0 Å². The average molecular weight is 554 g/mol. The molecular formula is C29H30BrClN2O2. The van der Waals surface area contributed by atoms with E-state index in [1.54, 1.807) is 11.0 Å². The second kappa shape index (κ2) is 12.4. The van der Waals surface area contributed by atoms with Crippen molar-refractivity contribution in [2.24, 2.45) is 0 Å². The fourth-order valence-electron chi connectivity index (χ4n) is 4.66. The molecule has 0 bridgehead atoms. The van der Waals surface area contributed by atoms with Crippen LogP contribution in [0.1, 0.15) is 42.4 Å². The van der Waals surface area contributed by atoms with Crippen LogP contribution in [0.25, 0.3) is 0 Å². The highest BCUT2D eigenvalue weighted by molar-refractivity contribution is 9.10. The van der Waals surface area contributed by atoms with Crippen molar-refractivity contribution in [3.05, 3.63) is 105 Å². The zero-order valence-corrected chi connectivity index (χ0v) is 22.0. The Morgan fingerprint density at radius 3 is 2.34 bits per heavy atom. The summed E-state index contributed by atoms with van der Waals surface area (Å²) in [6, 6.07) is 24.7. The quantitative estimate of drug-likeness (QED) is 0.336. The fourth-order valence-corrected chi connectivity index (χ4v) is 5.31. The number of hydrogen-bond acceptors (Lipinski definition) is 2. The van der Waals surface area contributed by atoms with E-state index in [-0.39, 0.29) is 24.3 Å². The Kier molecular flexibility index (Phi) is 9.00. The summed E-state index contributed by atoms with van der Waals surface area (Å²) in [5, 5.41) is 3.79. The van der Waals surface area contributed by atoms with Crippen LogP contribution in [-0.4, -0.2) is 28.8 Å². The lowest BCUT2D eigenvalue weighted by molar-refractivity contribution is -0.141. The van der Waals surface area contributed by atoms with Crippen LogP contribution >= 0.6 is 27.5 Å². The van der Waals surface area contributed by atoms with Gasteiger partial charge >= 0.3 is 0 Å². The molecular weight excluding hydrogens is 524 g/mol. The summed E-state index contributed by atoms with van der Waals surface area (Å²) in [6.45, 7) is 0.332. The largest absolute Gasteiger partial charge is 0.352 e. The summed E-state index contributed by atoms with van der Waals surface area (Å²) in [6.07, 6.45) is 4.81. The summed E-state index contributed by atoms with van der Waals surface area (Å²) in [4.78, 5) is 29.2. The molecule has 3 aromatic rings. The molecule has 1 N–H and O–H groups in total. The number of nitrogens with one attached hydrogen (secondary N) is 1. The molecule has 0 spiro atoms. The first-order chi connectivity index (χ1) is 17.0. The van der Waals surface area contributed by atoms with E-state index in [2.05, 4.69) is 21.2 Å². The third-order valence-electron chi connectivity index (χ3n) is 6.51. The van der Waals surface area contributed by atoms with Crippen molar-refractivity contribution in [1.82, 2.24) is 10.2 Å². The topological polar surface area (TPSA) is 49.4 Å². The Morgan fingerprint density at radius 1 is 0.943 bits per heavy atom. The maximum absolute atomic E-state index is 13.8. The number of hydrogen-bond donors (Lipinski definition) is 1. The van der Waals surface area contributed by atoms with Crippen LogP contribution < -0.4 is 5.32 Å². The van der Waals surface area contributed by atoms with E-state index in [1.807, 2.05) is 72.8 Å². The molecule has 0 aliphatic heterocycles. The standard InChI is InChI=1S/C29H30BrClN2O2/c30-24-13-8-11-22(17-24)20-33(28(34)19-23-12-4-7-16-26(23)31)27(18-21-9-2-1-3-10-21)29(35)32-25-14-5-6-15-25/h1-4,7-13,16-17,25,27H,5-6,14-15,18-20H2,(H,32,35)/t27-/m1/s1. The Bertz CT molecular complexity index is 1150. The molecule has 4 nitrogen and oxygen atoms in total. The highest BCUT2D eigenvalue weighted by Crippen LogP contribution is 2.23. The van der Waals surface area contributed by atoms with E-state index < -0.39 is 6.04 Å². The van der Waals surface area contributed by atoms with Crippen LogP contribution in [0.3, 0.4) is 0 Å². The van der Waals surface area contributed by atoms with Gasteiger partial charge in [-0.25, -0.2) is 0 Å². The van der Waals surface area contributed by atoms with Crippen molar-refractivity contribution in [2.75, 3.05) is 0 Å². The highest BCUT2D eigenvalue weighted by Gasteiger charge is 2.32.